The van der Waals surface area contributed by atoms with Gasteiger partial charge in [0.2, 0.25) is 0 Å². The van der Waals surface area contributed by atoms with Gasteiger partial charge in [-0.2, -0.15) is 0 Å². The second-order valence-electron chi connectivity index (χ2n) is 4.26. The van der Waals surface area contributed by atoms with Crippen LogP contribution in [0.1, 0.15) is 16.9 Å². The molecule has 17 heavy (non-hydrogen) atoms. The van der Waals surface area contributed by atoms with Gasteiger partial charge in [-0.15, -0.1) is 0 Å². The highest BCUT2D eigenvalue weighted by Gasteiger charge is 2.07. The van der Waals surface area contributed by atoms with Gasteiger partial charge in [0.15, 0.2) is 5.69 Å². The van der Waals surface area contributed by atoms with Crippen LogP contribution in [0.15, 0.2) is 18.2 Å². The van der Waals surface area contributed by atoms with Crippen LogP contribution in [0, 0.1) is 0 Å². The summed E-state index contributed by atoms with van der Waals surface area (Å²) in [5, 5.41) is 8.85. The number of carboxylic acid groups (broad SMARTS) is 1. The molecule has 0 amide bonds. The Kier molecular flexibility index (Phi) is 4.90. The Hall–Kier alpha value is -1.62. The molecule has 0 saturated carbocycles. The normalized spacial score (nSPS) is 10.6. The molecule has 1 heterocycles. The molecule has 94 valence electrons. The summed E-state index contributed by atoms with van der Waals surface area (Å²) in [5.74, 6) is -0.294. The predicted octanol–water partition coefficient (Wildman–Crippen LogP) is 1.17. The summed E-state index contributed by atoms with van der Waals surface area (Å²) < 4.78 is 0. The zero-order valence-corrected chi connectivity index (χ0v) is 10.6. The van der Waals surface area contributed by atoms with Crippen LogP contribution >= 0.6 is 0 Å². The Labute approximate surface area is 102 Å². The molecular weight excluding hydrogens is 218 g/mol. The molecule has 0 aromatic carbocycles. The highest BCUT2D eigenvalue weighted by molar-refractivity contribution is 5.85. The minimum Gasteiger partial charge on any atom is -0.477 e. The van der Waals surface area contributed by atoms with Crippen molar-refractivity contribution in [3.05, 3.63) is 23.9 Å². The fourth-order valence-electron chi connectivity index (χ4n) is 1.49. The van der Waals surface area contributed by atoms with E-state index in [9.17, 15) is 4.79 Å². The first-order valence-electron chi connectivity index (χ1n) is 5.57. The van der Waals surface area contributed by atoms with E-state index in [-0.39, 0.29) is 5.69 Å². The van der Waals surface area contributed by atoms with Crippen molar-refractivity contribution in [2.45, 2.75) is 6.42 Å². The maximum atomic E-state index is 10.8. The van der Waals surface area contributed by atoms with Crippen LogP contribution in [0.3, 0.4) is 0 Å². The first kappa shape index (κ1) is 13.4. The van der Waals surface area contributed by atoms with Crippen LogP contribution in [0.2, 0.25) is 0 Å². The minimum absolute atomic E-state index is 0.0851. The van der Waals surface area contributed by atoms with Crippen molar-refractivity contribution in [3.63, 3.8) is 0 Å². The number of anilines is 1. The van der Waals surface area contributed by atoms with Gasteiger partial charge >= 0.3 is 5.97 Å². The molecular formula is C12H19N3O2. The predicted molar refractivity (Wildman–Crippen MR) is 67.6 cm³/mol. The SMILES string of the molecule is CN(C)CCCN(C)c1cccc(C(=O)O)n1. The lowest BCUT2D eigenvalue weighted by atomic mass is 10.3. The first-order chi connectivity index (χ1) is 8.00. The maximum absolute atomic E-state index is 10.8. The summed E-state index contributed by atoms with van der Waals surface area (Å²) in [6.07, 6.45) is 1.02. The number of carboxylic acids is 1. The minimum atomic E-state index is -0.992. The Bertz CT molecular complexity index is 380. The summed E-state index contributed by atoms with van der Waals surface area (Å²) >= 11 is 0. The molecule has 0 aliphatic heterocycles. The molecule has 0 unspecified atom stereocenters. The third-order valence-electron chi connectivity index (χ3n) is 2.44. The summed E-state index contributed by atoms with van der Waals surface area (Å²) in [4.78, 5) is 19.0. The molecule has 0 radical (unpaired) electrons. The molecule has 1 rings (SSSR count). The van der Waals surface area contributed by atoms with E-state index < -0.39 is 5.97 Å². The number of aromatic nitrogens is 1. The molecule has 5 heteroatoms. The van der Waals surface area contributed by atoms with Crippen LogP contribution in [0.25, 0.3) is 0 Å². The molecule has 0 spiro atoms. The number of carbonyl (C=O) groups is 1. The Morgan fingerprint density at radius 1 is 1.29 bits per heavy atom. The first-order valence-corrected chi connectivity index (χ1v) is 5.57. The second kappa shape index (κ2) is 6.20. The van der Waals surface area contributed by atoms with E-state index in [1.807, 2.05) is 32.1 Å². The van der Waals surface area contributed by atoms with Gasteiger partial charge in [0, 0.05) is 13.6 Å². The van der Waals surface area contributed by atoms with Crippen molar-refractivity contribution in [2.24, 2.45) is 0 Å². The fraction of sp³-hybridized carbons (Fsp3) is 0.500. The zero-order chi connectivity index (χ0) is 12.8. The zero-order valence-electron chi connectivity index (χ0n) is 10.6. The lowest BCUT2D eigenvalue weighted by Crippen LogP contribution is -2.24. The van der Waals surface area contributed by atoms with E-state index in [0.29, 0.717) is 5.82 Å². The smallest absolute Gasteiger partial charge is 0.354 e. The Morgan fingerprint density at radius 2 is 2.00 bits per heavy atom. The van der Waals surface area contributed by atoms with Gasteiger partial charge in [-0.05, 0) is 39.2 Å². The van der Waals surface area contributed by atoms with Gasteiger partial charge < -0.3 is 14.9 Å². The van der Waals surface area contributed by atoms with Crippen molar-refractivity contribution in [3.8, 4) is 0 Å². The number of pyridine rings is 1. The largest absolute Gasteiger partial charge is 0.477 e. The van der Waals surface area contributed by atoms with Crippen LogP contribution in [0.4, 0.5) is 5.82 Å². The maximum Gasteiger partial charge on any atom is 0.354 e. The van der Waals surface area contributed by atoms with E-state index in [1.54, 1.807) is 6.07 Å². The van der Waals surface area contributed by atoms with Gasteiger partial charge in [-0.3, -0.25) is 0 Å². The van der Waals surface area contributed by atoms with Gasteiger partial charge in [0.1, 0.15) is 5.82 Å². The summed E-state index contributed by atoms with van der Waals surface area (Å²) in [6, 6.07) is 5.04. The molecule has 0 fully saturated rings. The average molecular weight is 237 g/mol. The summed E-state index contributed by atoms with van der Waals surface area (Å²) in [5.41, 5.74) is 0.0851. The van der Waals surface area contributed by atoms with E-state index in [2.05, 4.69) is 9.88 Å². The molecule has 1 aromatic rings. The summed E-state index contributed by atoms with van der Waals surface area (Å²) in [7, 11) is 5.98. The average Bonchev–Trinajstić information content (AvgIpc) is 2.28. The van der Waals surface area contributed by atoms with E-state index >= 15 is 0 Å². The molecule has 5 nitrogen and oxygen atoms in total. The van der Waals surface area contributed by atoms with E-state index in [1.165, 1.54) is 6.07 Å². The van der Waals surface area contributed by atoms with Crippen LogP contribution in [-0.4, -0.2) is 55.2 Å². The highest BCUT2D eigenvalue weighted by Crippen LogP contribution is 2.10. The molecule has 1 N–H and O–H groups in total. The lowest BCUT2D eigenvalue weighted by molar-refractivity contribution is 0.0690. The van der Waals surface area contributed by atoms with Crippen molar-refractivity contribution in [1.29, 1.82) is 0 Å². The molecule has 0 saturated heterocycles. The standard InChI is InChI=1S/C12H19N3O2/c1-14(2)8-5-9-15(3)11-7-4-6-10(13-11)12(16)17/h4,6-7H,5,8-9H2,1-3H3,(H,16,17). The number of aromatic carboxylic acids is 1. The van der Waals surface area contributed by atoms with Gasteiger partial charge in [-0.25, -0.2) is 9.78 Å². The third-order valence-corrected chi connectivity index (χ3v) is 2.44. The Balaban J connectivity index is 2.59. The lowest BCUT2D eigenvalue weighted by Gasteiger charge is -2.19. The van der Waals surface area contributed by atoms with Crippen LogP contribution in [-0.2, 0) is 0 Å². The number of hydrogen-bond acceptors (Lipinski definition) is 4. The van der Waals surface area contributed by atoms with Crippen molar-refractivity contribution >= 4 is 11.8 Å². The van der Waals surface area contributed by atoms with Gasteiger partial charge in [-0.1, -0.05) is 6.07 Å². The molecule has 1 aromatic heterocycles. The topological polar surface area (TPSA) is 56.7 Å². The van der Waals surface area contributed by atoms with E-state index in [0.717, 1.165) is 19.5 Å². The van der Waals surface area contributed by atoms with Crippen molar-refractivity contribution < 1.29 is 9.90 Å². The summed E-state index contributed by atoms with van der Waals surface area (Å²) in [6.45, 7) is 1.86. The fourth-order valence-corrected chi connectivity index (χ4v) is 1.49. The van der Waals surface area contributed by atoms with Crippen molar-refractivity contribution in [1.82, 2.24) is 9.88 Å². The van der Waals surface area contributed by atoms with Crippen LogP contribution in [0.5, 0.6) is 0 Å². The number of hydrogen-bond donors (Lipinski definition) is 1. The van der Waals surface area contributed by atoms with E-state index in [4.69, 9.17) is 5.11 Å². The highest BCUT2D eigenvalue weighted by atomic mass is 16.4. The molecule has 0 bridgehead atoms. The monoisotopic (exact) mass is 237 g/mol. The number of nitrogens with zero attached hydrogens (tertiary/aromatic N) is 3. The van der Waals surface area contributed by atoms with Gasteiger partial charge in [0.25, 0.3) is 0 Å². The van der Waals surface area contributed by atoms with Crippen LogP contribution < -0.4 is 4.90 Å². The van der Waals surface area contributed by atoms with Gasteiger partial charge in [0.05, 0.1) is 0 Å². The van der Waals surface area contributed by atoms with Crippen molar-refractivity contribution in [2.75, 3.05) is 39.1 Å². The third kappa shape index (κ3) is 4.40. The molecule has 0 aliphatic carbocycles. The second-order valence-corrected chi connectivity index (χ2v) is 4.26. The molecule has 0 aliphatic rings. The quantitative estimate of drug-likeness (QED) is 0.804. The Morgan fingerprint density at radius 3 is 2.59 bits per heavy atom. The molecule has 0 atom stereocenters. The number of rotatable bonds is 6.